The Labute approximate surface area is 166 Å². The molecule has 2 N–H and O–H groups in total. The second-order valence-electron chi connectivity index (χ2n) is 7.43. The number of amides is 1. The number of hydrogen-bond acceptors (Lipinski definition) is 4. The lowest BCUT2D eigenvalue weighted by Crippen LogP contribution is -2.28. The Morgan fingerprint density at radius 2 is 2.04 bits per heavy atom. The first-order valence-electron chi connectivity index (χ1n) is 10.4. The maximum absolute atomic E-state index is 12.3. The van der Waals surface area contributed by atoms with E-state index >= 15 is 0 Å². The Kier molecular flexibility index (Phi) is 7.48. The van der Waals surface area contributed by atoms with Crippen molar-refractivity contribution in [3.05, 3.63) is 36.0 Å². The van der Waals surface area contributed by atoms with Crippen LogP contribution in [0.15, 0.2) is 30.5 Å². The third-order valence-electron chi connectivity index (χ3n) is 5.42. The van der Waals surface area contributed by atoms with E-state index in [0.717, 1.165) is 36.5 Å². The lowest BCUT2D eigenvalue weighted by atomic mass is 9.95. The molecule has 0 radical (unpaired) electrons. The van der Waals surface area contributed by atoms with Gasteiger partial charge in [-0.15, -0.1) is 0 Å². The quantitative estimate of drug-likeness (QED) is 0.651. The van der Waals surface area contributed by atoms with Crippen molar-refractivity contribution in [1.82, 2.24) is 15.2 Å². The molecule has 6 nitrogen and oxygen atoms in total. The van der Waals surface area contributed by atoms with E-state index in [-0.39, 0.29) is 18.3 Å². The van der Waals surface area contributed by atoms with Crippen LogP contribution in [-0.4, -0.2) is 42.7 Å². The lowest BCUT2D eigenvalue weighted by Gasteiger charge is -2.22. The number of aryl methyl sites for hydroxylation is 1. The molecular formula is C22H31N3O3. The van der Waals surface area contributed by atoms with E-state index in [4.69, 9.17) is 4.74 Å². The number of piperidine rings is 1. The Morgan fingerprint density at radius 1 is 1.25 bits per heavy atom. The maximum Gasteiger partial charge on any atom is 0.307 e. The molecule has 1 saturated heterocycles. The molecule has 1 aromatic carbocycles. The first-order chi connectivity index (χ1) is 13.7. The molecule has 0 aliphatic carbocycles. The Bertz CT molecular complexity index is 793. The summed E-state index contributed by atoms with van der Waals surface area (Å²) in [5.41, 5.74) is 2.22. The molecule has 1 aromatic heterocycles. The zero-order valence-corrected chi connectivity index (χ0v) is 16.7. The number of rotatable bonds is 9. The molecule has 1 amide bonds. The average molecular weight is 386 g/mol. The number of aromatic nitrogens is 1. The van der Waals surface area contributed by atoms with Crippen LogP contribution in [0.4, 0.5) is 0 Å². The number of ether oxygens (including phenoxy) is 1. The van der Waals surface area contributed by atoms with Crippen molar-refractivity contribution in [2.45, 2.75) is 45.6 Å². The number of nitrogens with zero attached hydrogens (tertiary/aromatic N) is 1. The van der Waals surface area contributed by atoms with Crippen LogP contribution in [0.1, 0.15) is 38.2 Å². The number of esters is 1. The second kappa shape index (κ2) is 10.3. The van der Waals surface area contributed by atoms with Crippen LogP contribution in [-0.2, 0) is 27.3 Å². The molecule has 3 rings (SSSR count). The summed E-state index contributed by atoms with van der Waals surface area (Å²) in [5, 5.41) is 7.37. The highest BCUT2D eigenvalue weighted by atomic mass is 16.5. The third kappa shape index (κ3) is 5.58. The van der Waals surface area contributed by atoms with Crippen molar-refractivity contribution >= 4 is 22.8 Å². The Balaban J connectivity index is 1.59. The van der Waals surface area contributed by atoms with Crippen LogP contribution in [0, 0.1) is 5.92 Å². The van der Waals surface area contributed by atoms with Gasteiger partial charge in [0.05, 0.1) is 19.4 Å². The standard InChI is InChI=1S/C22H31N3O3/c1-2-28-22(27)9-13-24-21(26)15-18-16-25(20-6-4-3-5-19(18)20)14-10-17-7-11-23-12-8-17/h3-6,16-17,23H,2,7-15H2,1H3,(H,24,26). The van der Waals surface area contributed by atoms with Crippen molar-refractivity contribution in [2.24, 2.45) is 5.92 Å². The summed E-state index contributed by atoms with van der Waals surface area (Å²) in [6, 6.07) is 8.27. The van der Waals surface area contributed by atoms with Gasteiger partial charge in [0.1, 0.15) is 0 Å². The van der Waals surface area contributed by atoms with Gasteiger partial charge in [-0.05, 0) is 56.8 Å². The van der Waals surface area contributed by atoms with Crippen molar-refractivity contribution in [1.29, 1.82) is 0 Å². The molecule has 0 atom stereocenters. The second-order valence-corrected chi connectivity index (χ2v) is 7.43. The van der Waals surface area contributed by atoms with Crippen LogP contribution in [0.5, 0.6) is 0 Å². The fourth-order valence-corrected chi connectivity index (χ4v) is 3.91. The van der Waals surface area contributed by atoms with E-state index in [9.17, 15) is 9.59 Å². The van der Waals surface area contributed by atoms with Crippen molar-refractivity contribution < 1.29 is 14.3 Å². The van der Waals surface area contributed by atoms with Crippen molar-refractivity contribution in [2.75, 3.05) is 26.2 Å². The number of carbonyl (C=O) groups excluding carboxylic acids is 2. The topological polar surface area (TPSA) is 72.4 Å². The van der Waals surface area contributed by atoms with Crippen LogP contribution in [0.25, 0.3) is 10.9 Å². The van der Waals surface area contributed by atoms with Crippen molar-refractivity contribution in [3.63, 3.8) is 0 Å². The highest BCUT2D eigenvalue weighted by Gasteiger charge is 2.15. The van der Waals surface area contributed by atoms with Gasteiger partial charge in [-0.1, -0.05) is 18.2 Å². The minimum absolute atomic E-state index is 0.0643. The van der Waals surface area contributed by atoms with Gasteiger partial charge < -0.3 is 19.9 Å². The first-order valence-corrected chi connectivity index (χ1v) is 10.4. The number of nitrogens with one attached hydrogen (secondary N) is 2. The van der Waals surface area contributed by atoms with Gasteiger partial charge in [-0.3, -0.25) is 9.59 Å². The van der Waals surface area contributed by atoms with Gasteiger partial charge in [0.2, 0.25) is 5.91 Å². The molecule has 2 aromatic rings. The van der Waals surface area contributed by atoms with E-state index in [0.29, 0.717) is 19.6 Å². The average Bonchev–Trinajstić information content (AvgIpc) is 3.05. The number of fused-ring (bicyclic) bond motifs is 1. The van der Waals surface area contributed by atoms with Crippen LogP contribution in [0.2, 0.25) is 0 Å². The minimum Gasteiger partial charge on any atom is -0.466 e. The number of benzene rings is 1. The molecule has 6 heteroatoms. The van der Waals surface area contributed by atoms with Gasteiger partial charge in [-0.2, -0.15) is 0 Å². The molecule has 0 saturated carbocycles. The number of carbonyl (C=O) groups is 2. The predicted molar refractivity (Wildman–Crippen MR) is 110 cm³/mol. The molecule has 1 aliphatic rings. The molecule has 0 bridgehead atoms. The molecule has 0 unspecified atom stereocenters. The molecule has 2 heterocycles. The fraction of sp³-hybridized carbons (Fsp3) is 0.545. The van der Waals surface area contributed by atoms with E-state index in [1.165, 1.54) is 24.8 Å². The summed E-state index contributed by atoms with van der Waals surface area (Å²) in [7, 11) is 0. The van der Waals surface area contributed by atoms with Gasteiger partial charge in [0, 0.05) is 30.2 Å². The summed E-state index contributed by atoms with van der Waals surface area (Å²) in [6.07, 6.45) is 6.31. The zero-order valence-electron chi connectivity index (χ0n) is 16.7. The molecular weight excluding hydrogens is 354 g/mol. The smallest absolute Gasteiger partial charge is 0.307 e. The summed E-state index contributed by atoms with van der Waals surface area (Å²) in [6.45, 7) is 5.67. The Hall–Kier alpha value is -2.34. The van der Waals surface area contributed by atoms with Gasteiger partial charge in [0.25, 0.3) is 0 Å². The van der Waals surface area contributed by atoms with E-state index in [1.807, 2.05) is 12.1 Å². The van der Waals surface area contributed by atoms with Gasteiger partial charge in [-0.25, -0.2) is 0 Å². The van der Waals surface area contributed by atoms with E-state index < -0.39 is 0 Å². The predicted octanol–water partition coefficient (Wildman–Crippen LogP) is 2.64. The van der Waals surface area contributed by atoms with Gasteiger partial charge in [0.15, 0.2) is 0 Å². The molecule has 0 spiro atoms. The summed E-state index contributed by atoms with van der Waals surface area (Å²) >= 11 is 0. The highest BCUT2D eigenvalue weighted by molar-refractivity contribution is 5.89. The third-order valence-corrected chi connectivity index (χ3v) is 5.42. The molecule has 1 fully saturated rings. The van der Waals surface area contributed by atoms with E-state index in [2.05, 4.69) is 33.5 Å². The summed E-state index contributed by atoms with van der Waals surface area (Å²) < 4.78 is 7.17. The number of hydrogen-bond donors (Lipinski definition) is 2. The summed E-state index contributed by atoms with van der Waals surface area (Å²) in [5.74, 6) is 0.430. The van der Waals surface area contributed by atoms with Crippen LogP contribution >= 0.6 is 0 Å². The molecule has 1 aliphatic heterocycles. The molecule has 152 valence electrons. The van der Waals surface area contributed by atoms with Gasteiger partial charge >= 0.3 is 5.97 Å². The first kappa shape index (κ1) is 20.4. The zero-order chi connectivity index (χ0) is 19.8. The van der Waals surface area contributed by atoms with Crippen molar-refractivity contribution in [3.8, 4) is 0 Å². The van der Waals surface area contributed by atoms with E-state index in [1.54, 1.807) is 6.92 Å². The monoisotopic (exact) mass is 385 g/mol. The fourth-order valence-electron chi connectivity index (χ4n) is 3.91. The Morgan fingerprint density at radius 3 is 2.82 bits per heavy atom. The van der Waals surface area contributed by atoms with Crippen LogP contribution in [0.3, 0.4) is 0 Å². The largest absolute Gasteiger partial charge is 0.466 e. The minimum atomic E-state index is -0.280. The SMILES string of the molecule is CCOC(=O)CCNC(=O)Cc1cn(CCC2CCNCC2)c2ccccc12. The number of para-hydroxylation sites is 1. The maximum atomic E-state index is 12.3. The summed E-state index contributed by atoms with van der Waals surface area (Å²) in [4.78, 5) is 23.7. The highest BCUT2D eigenvalue weighted by Crippen LogP contribution is 2.24. The normalized spacial score (nSPS) is 14.9. The van der Waals surface area contributed by atoms with Crippen LogP contribution < -0.4 is 10.6 Å². The lowest BCUT2D eigenvalue weighted by molar-refractivity contribution is -0.143. The molecule has 28 heavy (non-hydrogen) atoms.